The van der Waals surface area contributed by atoms with E-state index in [1.807, 2.05) is 37.3 Å². The van der Waals surface area contributed by atoms with Crippen molar-refractivity contribution in [3.63, 3.8) is 0 Å². The number of aromatic nitrogens is 3. The topological polar surface area (TPSA) is 69.0 Å². The molecule has 0 saturated heterocycles. The van der Waals surface area contributed by atoms with E-state index in [1.165, 1.54) is 6.33 Å². The molecule has 0 aliphatic carbocycles. The monoisotopic (exact) mass is 322 g/mol. The average molecular weight is 322 g/mol. The summed E-state index contributed by atoms with van der Waals surface area (Å²) in [7, 11) is 0. The van der Waals surface area contributed by atoms with E-state index in [4.69, 9.17) is 4.74 Å². The second-order valence-corrected chi connectivity index (χ2v) is 5.20. The summed E-state index contributed by atoms with van der Waals surface area (Å²) in [6.45, 7) is 3.12. The summed E-state index contributed by atoms with van der Waals surface area (Å²) in [5.41, 5.74) is 2.38. The Hall–Kier alpha value is -3.15. The summed E-state index contributed by atoms with van der Waals surface area (Å²) in [6.07, 6.45) is 3.17. The van der Waals surface area contributed by atoms with E-state index >= 15 is 0 Å². The van der Waals surface area contributed by atoms with Crippen LogP contribution in [0.4, 0.5) is 5.69 Å². The van der Waals surface area contributed by atoms with Crippen molar-refractivity contribution in [3.8, 4) is 5.75 Å². The Kier molecular flexibility index (Phi) is 4.86. The van der Waals surface area contributed by atoms with Gasteiger partial charge in [-0.1, -0.05) is 18.2 Å². The number of benzene rings is 2. The number of carbonyl (C=O) groups is 1. The summed E-state index contributed by atoms with van der Waals surface area (Å²) >= 11 is 0. The zero-order chi connectivity index (χ0) is 16.8. The first-order chi connectivity index (χ1) is 11.7. The van der Waals surface area contributed by atoms with Crippen molar-refractivity contribution in [3.05, 3.63) is 72.3 Å². The molecule has 1 N–H and O–H groups in total. The third kappa shape index (κ3) is 3.98. The van der Waals surface area contributed by atoms with Crippen molar-refractivity contribution in [2.75, 3.05) is 11.9 Å². The van der Waals surface area contributed by atoms with Gasteiger partial charge in [-0.15, -0.1) is 0 Å². The average Bonchev–Trinajstić information content (AvgIpc) is 3.10. The highest BCUT2D eigenvalue weighted by atomic mass is 16.5. The van der Waals surface area contributed by atoms with Crippen LogP contribution in [0.2, 0.25) is 0 Å². The largest absolute Gasteiger partial charge is 0.494 e. The third-order valence-corrected chi connectivity index (χ3v) is 3.43. The Bertz CT molecular complexity index is 798. The Morgan fingerprint density at radius 2 is 2.04 bits per heavy atom. The first-order valence-electron chi connectivity index (χ1n) is 7.70. The first kappa shape index (κ1) is 15.7. The molecule has 0 bridgehead atoms. The minimum absolute atomic E-state index is 0.166. The second-order valence-electron chi connectivity index (χ2n) is 5.20. The highest BCUT2D eigenvalue weighted by Gasteiger charge is 2.07. The molecule has 2 aromatic carbocycles. The van der Waals surface area contributed by atoms with Crippen LogP contribution in [-0.4, -0.2) is 27.3 Å². The first-order valence-corrected chi connectivity index (χ1v) is 7.70. The molecule has 0 unspecified atom stereocenters. The van der Waals surface area contributed by atoms with Gasteiger partial charge in [0.1, 0.15) is 18.4 Å². The van der Waals surface area contributed by atoms with Crippen molar-refractivity contribution >= 4 is 11.6 Å². The number of anilines is 1. The molecule has 0 atom stereocenters. The molecule has 122 valence electrons. The van der Waals surface area contributed by atoms with Crippen molar-refractivity contribution < 1.29 is 9.53 Å². The minimum atomic E-state index is -0.166. The van der Waals surface area contributed by atoms with Gasteiger partial charge in [0, 0.05) is 11.3 Å². The van der Waals surface area contributed by atoms with E-state index in [0.717, 1.165) is 11.3 Å². The van der Waals surface area contributed by atoms with Gasteiger partial charge in [-0.2, -0.15) is 5.10 Å². The normalized spacial score (nSPS) is 10.4. The SMILES string of the molecule is CCOc1cccc(C(=O)Nc2ccc(Cn3cncn3)cc2)c1. The number of hydrogen-bond acceptors (Lipinski definition) is 4. The molecule has 0 fully saturated rings. The number of ether oxygens (including phenoxy) is 1. The van der Waals surface area contributed by atoms with Crippen LogP contribution >= 0.6 is 0 Å². The number of carbonyl (C=O) groups excluding carboxylic acids is 1. The summed E-state index contributed by atoms with van der Waals surface area (Å²) in [5.74, 6) is 0.522. The number of rotatable bonds is 6. The van der Waals surface area contributed by atoms with Gasteiger partial charge in [-0.3, -0.25) is 4.79 Å². The van der Waals surface area contributed by atoms with E-state index in [0.29, 0.717) is 24.5 Å². The van der Waals surface area contributed by atoms with Gasteiger partial charge in [0.25, 0.3) is 5.91 Å². The maximum Gasteiger partial charge on any atom is 0.255 e. The van der Waals surface area contributed by atoms with Crippen molar-refractivity contribution in [1.29, 1.82) is 0 Å². The highest BCUT2D eigenvalue weighted by molar-refractivity contribution is 6.04. The second kappa shape index (κ2) is 7.41. The molecule has 3 rings (SSSR count). The Morgan fingerprint density at radius 1 is 1.21 bits per heavy atom. The van der Waals surface area contributed by atoms with Crippen LogP contribution in [0.15, 0.2) is 61.2 Å². The lowest BCUT2D eigenvalue weighted by Crippen LogP contribution is -2.12. The molecule has 0 spiro atoms. The van der Waals surface area contributed by atoms with E-state index < -0.39 is 0 Å². The van der Waals surface area contributed by atoms with E-state index in [9.17, 15) is 4.79 Å². The van der Waals surface area contributed by atoms with Crippen molar-refractivity contribution in [2.24, 2.45) is 0 Å². The van der Waals surface area contributed by atoms with Crippen LogP contribution < -0.4 is 10.1 Å². The molecule has 0 saturated carbocycles. The Balaban J connectivity index is 1.65. The van der Waals surface area contributed by atoms with Crippen molar-refractivity contribution in [2.45, 2.75) is 13.5 Å². The fraction of sp³-hybridized carbons (Fsp3) is 0.167. The minimum Gasteiger partial charge on any atom is -0.494 e. The standard InChI is InChI=1S/C18H18N4O2/c1-2-24-17-5-3-4-15(10-17)18(23)21-16-8-6-14(7-9-16)11-22-13-19-12-20-22/h3-10,12-13H,2,11H2,1H3,(H,21,23). The van der Waals surface area contributed by atoms with E-state index in [-0.39, 0.29) is 5.91 Å². The number of hydrogen-bond donors (Lipinski definition) is 1. The molecule has 3 aromatic rings. The Morgan fingerprint density at radius 3 is 2.75 bits per heavy atom. The van der Waals surface area contributed by atoms with Crippen molar-refractivity contribution in [1.82, 2.24) is 14.8 Å². The maximum absolute atomic E-state index is 12.3. The van der Waals surface area contributed by atoms with Crippen LogP contribution in [-0.2, 0) is 6.54 Å². The molecule has 1 aromatic heterocycles. The fourth-order valence-corrected chi connectivity index (χ4v) is 2.29. The van der Waals surface area contributed by atoms with Crippen LogP contribution in [0.1, 0.15) is 22.8 Å². The van der Waals surface area contributed by atoms with E-state index in [2.05, 4.69) is 15.4 Å². The molecule has 1 heterocycles. The predicted molar refractivity (Wildman–Crippen MR) is 91.1 cm³/mol. The highest BCUT2D eigenvalue weighted by Crippen LogP contribution is 2.16. The molecule has 6 heteroatoms. The smallest absolute Gasteiger partial charge is 0.255 e. The zero-order valence-electron chi connectivity index (χ0n) is 13.3. The van der Waals surface area contributed by atoms with Gasteiger partial charge < -0.3 is 10.1 Å². The maximum atomic E-state index is 12.3. The summed E-state index contributed by atoms with van der Waals surface area (Å²) < 4.78 is 7.16. The Labute approximate surface area is 140 Å². The molecule has 0 radical (unpaired) electrons. The number of nitrogens with zero attached hydrogens (tertiary/aromatic N) is 3. The van der Waals surface area contributed by atoms with Gasteiger partial charge >= 0.3 is 0 Å². The van der Waals surface area contributed by atoms with Gasteiger partial charge in [0.05, 0.1) is 13.2 Å². The van der Waals surface area contributed by atoms with Gasteiger partial charge in [-0.05, 0) is 42.8 Å². The number of amides is 1. The molecule has 1 amide bonds. The molecular formula is C18H18N4O2. The summed E-state index contributed by atoms with van der Waals surface area (Å²) in [5, 5.41) is 6.95. The lowest BCUT2D eigenvalue weighted by atomic mass is 10.1. The van der Waals surface area contributed by atoms with Crippen LogP contribution in [0, 0.1) is 0 Å². The summed E-state index contributed by atoms with van der Waals surface area (Å²) in [4.78, 5) is 16.2. The van der Waals surface area contributed by atoms with Gasteiger partial charge in [0.15, 0.2) is 0 Å². The molecular weight excluding hydrogens is 304 g/mol. The number of nitrogens with one attached hydrogen (secondary N) is 1. The molecule has 0 aliphatic rings. The van der Waals surface area contributed by atoms with Crippen LogP contribution in [0.3, 0.4) is 0 Å². The quantitative estimate of drug-likeness (QED) is 0.757. The fourth-order valence-electron chi connectivity index (χ4n) is 2.29. The van der Waals surface area contributed by atoms with E-state index in [1.54, 1.807) is 29.2 Å². The lowest BCUT2D eigenvalue weighted by Gasteiger charge is -2.08. The molecule has 0 aliphatic heterocycles. The predicted octanol–water partition coefficient (Wildman–Crippen LogP) is 2.98. The van der Waals surface area contributed by atoms with Gasteiger partial charge in [-0.25, -0.2) is 9.67 Å². The molecule has 6 nitrogen and oxygen atoms in total. The zero-order valence-corrected chi connectivity index (χ0v) is 13.3. The summed E-state index contributed by atoms with van der Waals surface area (Å²) in [6, 6.07) is 14.8. The molecule has 24 heavy (non-hydrogen) atoms. The lowest BCUT2D eigenvalue weighted by molar-refractivity contribution is 0.102. The van der Waals surface area contributed by atoms with Gasteiger partial charge in [0.2, 0.25) is 0 Å². The third-order valence-electron chi connectivity index (χ3n) is 3.43. The van der Waals surface area contributed by atoms with Crippen LogP contribution in [0.25, 0.3) is 0 Å². The van der Waals surface area contributed by atoms with Crippen LogP contribution in [0.5, 0.6) is 5.75 Å².